The highest BCUT2D eigenvalue weighted by molar-refractivity contribution is 5.76. The minimum atomic E-state index is -1.80. The van der Waals surface area contributed by atoms with Crippen LogP contribution in [0.3, 0.4) is 0 Å². The van der Waals surface area contributed by atoms with E-state index in [1.165, 1.54) is 12.1 Å². The molecule has 0 aliphatic carbocycles. The minimum absolute atomic E-state index is 0.0143. The molecule has 2 saturated heterocycles. The van der Waals surface area contributed by atoms with Gasteiger partial charge in [0.25, 0.3) is 0 Å². The SMILES string of the molecule is CC(=O)OCC1OC(Oc2ccc(C=O)cc2OC2OC(COC(C)=O)C(OC(C)=O)C(OC(C)=O)C2OC(C)=O)C(OC(C)=O)C(OC(C)=O)C1OC(C)=O. The summed E-state index contributed by atoms with van der Waals surface area (Å²) in [5.41, 5.74) is -0.0143. The summed E-state index contributed by atoms with van der Waals surface area (Å²) < 4.78 is 67.0. The van der Waals surface area contributed by atoms with Crippen LogP contribution in [0.5, 0.6) is 11.5 Å². The Labute approximate surface area is 319 Å². The number of hydrogen-bond donors (Lipinski definition) is 0. The lowest BCUT2D eigenvalue weighted by molar-refractivity contribution is -0.292. The van der Waals surface area contributed by atoms with Gasteiger partial charge in [0.15, 0.2) is 35.9 Å². The molecule has 10 unspecified atom stereocenters. The molecule has 0 N–H and O–H groups in total. The number of carbonyl (C=O) groups excluding carboxylic acids is 9. The van der Waals surface area contributed by atoms with Crippen molar-refractivity contribution in [1.29, 1.82) is 0 Å². The number of hydrogen-bond acceptors (Lipinski definition) is 21. The van der Waals surface area contributed by atoms with Crippen LogP contribution in [0.4, 0.5) is 0 Å². The van der Waals surface area contributed by atoms with Crippen molar-refractivity contribution in [1.82, 2.24) is 0 Å². The van der Waals surface area contributed by atoms with Crippen LogP contribution in [0.15, 0.2) is 18.2 Å². The highest BCUT2D eigenvalue weighted by Crippen LogP contribution is 2.38. The van der Waals surface area contributed by atoms with Crippen LogP contribution >= 0.6 is 0 Å². The number of ether oxygens (including phenoxy) is 12. The summed E-state index contributed by atoms with van der Waals surface area (Å²) in [5, 5.41) is 0. The first-order valence-electron chi connectivity index (χ1n) is 16.8. The Balaban J connectivity index is 2.17. The molecular formula is C35H42O21. The second-order valence-electron chi connectivity index (χ2n) is 12.2. The molecule has 0 radical (unpaired) electrons. The maximum absolute atomic E-state index is 12.4. The van der Waals surface area contributed by atoms with E-state index in [1.807, 2.05) is 0 Å². The first kappa shape index (κ1) is 44.6. The third kappa shape index (κ3) is 12.9. The molecule has 56 heavy (non-hydrogen) atoms. The Morgan fingerprint density at radius 3 is 1.16 bits per heavy atom. The molecule has 0 bridgehead atoms. The van der Waals surface area contributed by atoms with Gasteiger partial charge in [-0.1, -0.05) is 0 Å². The van der Waals surface area contributed by atoms with Crippen molar-refractivity contribution in [3.63, 3.8) is 0 Å². The molecule has 3 rings (SSSR count). The van der Waals surface area contributed by atoms with Gasteiger partial charge in [-0.15, -0.1) is 0 Å². The summed E-state index contributed by atoms with van der Waals surface area (Å²) >= 11 is 0. The summed E-state index contributed by atoms with van der Waals surface area (Å²) in [6.45, 7) is 7.19. The van der Waals surface area contributed by atoms with Crippen molar-refractivity contribution in [2.45, 2.75) is 117 Å². The third-order valence-corrected chi connectivity index (χ3v) is 7.49. The topological polar surface area (TPSA) is 264 Å². The summed E-state index contributed by atoms with van der Waals surface area (Å²) in [5.74, 6) is -7.59. The molecule has 21 heteroatoms. The van der Waals surface area contributed by atoms with Crippen molar-refractivity contribution < 1.29 is 100.0 Å². The maximum Gasteiger partial charge on any atom is 0.303 e. The van der Waals surface area contributed by atoms with E-state index < -0.39 is 122 Å². The molecule has 2 aliphatic rings. The lowest BCUT2D eigenvalue weighted by Crippen LogP contribution is -2.64. The van der Waals surface area contributed by atoms with E-state index in [1.54, 1.807) is 0 Å². The average molecular weight is 799 g/mol. The zero-order chi connectivity index (χ0) is 41.9. The highest BCUT2D eigenvalue weighted by atomic mass is 16.8. The molecular weight excluding hydrogens is 756 g/mol. The van der Waals surface area contributed by atoms with Crippen LogP contribution in [0, 0.1) is 0 Å². The highest BCUT2D eigenvalue weighted by Gasteiger charge is 2.55. The van der Waals surface area contributed by atoms with Crippen molar-refractivity contribution in [3.05, 3.63) is 23.8 Å². The Morgan fingerprint density at radius 1 is 0.482 bits per heavy atom. The zero-order valence-corrected chi connectivity index (χ0v) is 31.6. The quantitative estimate of drug-likeness (QED) is 0.132. The molecule has 1 aromatic rings. The van der Waals surface area contributed by atoms with E-state index in [0.717, 1.165) is 61.5 Å². The normalized spacial score (nSPS) is 26.9. The molecule has 0 amide bonds. The maximum atomic E-state index is 12.4. The molecule has 308 valence electrons. The van der Waals surface area contributed by atoms with Crippen LogP contribution in [-0.2, 0) is 85.7 Å². The Kier molecular flexibility index (Phi) is 16.1. The van der Waals surface area contributed by atoms with Gasteiger partial charge in [0, 0.05) is 61.0 Å². The van der Waals surface area contributed by atoms with Crippen LogP contribution in [-0.4, -0.2) is 129 Å². The van der Waals surface area contributed by atoms with Crippen molar-refractivity contribution in [3.8, 4) is 11.5 Å². The monoisotopic (exact) mass is 798 g/mol. The lowest BCUT2D eigenvalue weighted by Gasteiger charge is -2.44. The molecule has 1 aromatic carbocycles. The Hall–Kier alpha value is -5.83. The van der Waals surface area contributed by atoms with Gasteiger partial charge in [-0.2, -0.15) is 0 Å². The van der Waals surface area contributed by atoms with Crippen LogP contribution in [0.2, 0.25) is 0 Å². The molecule has 2 heterocycles. The van der Waals surface area contributed by atoms with Crippen LogP contribution < -0.4 is 9.47 Å². The fraction of sp³-hybridized carbons (Fsp3) is 0.571. The largest absolute Gasteiger partial charge is 0.463 e. The molecule has 0 saturated carbocycles. The van der Waals surface area contributed by atoms with Crippen molar-refractivity contribution >= 4 is 54.0 Å². The van der Waals surface area contributed by atoms with E-state index in [-0.39, 0.29) is 17.1 Å². The van der Waals surface area contributed by atoms with Gasteiger partial charge >= 0.3 is 47.8 Å². The molecule has 0 aromatic heterocycles. The first-order chi connectivity index (χ1) is 26.3. The summed E-state index contributed by atoms with van der Waals surface area (Å²) in [4.78, 5) is 109. The summed E-state index contributed by atoms with van der Waals surface area (Å²) in [7, 11) is 0. The number of carbonyl (C=O) groups is 9. The van der Waals surface area contributed by atoms with Crippen LogP contribution in [0.1, 0.15) is 65.7 Å². The lowest BCUT2D eigenvalue weighted by atomic mass is 9.98. The van der Waals surface area contributed by atoms with E-state index in [2.05, 4.69) is 0 Å². The summed E-state index contributed by atoms with van der Waals surface area (Å²) in [6.07, 6.45) is -15.6. The molecule has 2 fully saturated rings. The van der Waals surface area contributed by atoms with E-state index in [4.69, 9.17) is 56.8 Å². The number of esters is 8. The van der Waals surface area contributed by atoms with E-state index in [9.17, 15) is 43.2 Å². The fourth-order valence-corrected chi connectivity index (χ4v) is 5.60. The third-order valence-electron chi connectivity index (χ3n) is 7.49. The molecule has 2 aliphatic heterocycles. The Morgan fingerprint density at radius 2 is 0.821 bits per heavy atom. The number of rotatable bonds is 15. The van der Waals surface area contributed by atoms with Gasteiger partial charge in [0.05, 0.1) is 0 Å². The van der Waals surface area contributed by atoms with Gasteiger partial charge in [0.1, 0.15) is 31.7 Å². The number of aldehydes is 1. The van der Waals surface area contributed by atoms with Crippen LogP contribution in [0.25, 0.3) is 0 Å². The smallest absolute Gasteiger partial charge is 0.303 e. The molecule has 21 nitrogen and oxygen atoms in total. The Bertz CT molecular complexity index is 1660. The summed E-state index contributed by atoms with van der Waals surface area (Å²) in [6, 6.07) is 3.62. The molecule has 10 atom stereocenters. The van der Waals surface area contributed by atoms with Gasteiger partial charge in [-0.05, 0) is 18.2 Å². The zero-order valence-electron chi connectivity index (χ0n) is 31.6. The number of benzene rings is 1. The fourth-order valence-electron chi connectivity index (χ4n) is 5.60. The van der Waals surface area contributed by atoms with Gasteiger partial charge in [-0.25, -0.2) is 0 Å². The predicted molar refractivity (Wildman–Crippen MR) is 177 cm³/mol. The van der Waals surface area contributed by atoms with Gasteiger partial charge in [-0.3, -0.25) is 43.2 Å². The standard InChI is InChI=1S/C35H42O21/c1-15(37)45-13-26-28(47-17(3)39)30(49-19(5)41)32(51-21(7)43)34(55-26)53-24-10-9-23(12-36)11-25(24)54-35-33(52-22(8)44)31(50-20(6)42)29(48-18(4)40)27(56-35)14-46-16(2)38/h9-12,26-35H,13-14H2,1-8H3. The molecule has 0 spiro atoms. The van der Waals surface area contributed by atoms with E-state index >= 15 is 0 Å². The second-order valence-corrected chi connectivity index (χ2v) is 12.2. The van der Waals surface area contributed by atoms with Gasteiger partial charge in [0.2, 0.25) is 24.8 Å². The van der Waals surface area contributed by atoms with Crippen molar-refractivity contribution in [2.24, 2.45) is 0 Å². The van der Waals surface area contributed by atoms with Crippen molar-refractivity contribution in [2.75, 3.05) is 13.2 Å². The average Bonchev–Trinajstić information content (AvgIpc) is 3.07. The predicted octanol–water partition coefficient (Wildman–Crippen LogP) is 0.423. The van der Waals surface area contributed by atoms with Gasteiger partial charge < -0.3 is 56.8 Å². The minimum Gasteiger partial charge on any atom is -0.463 e. The first-order valence-corrected chi connectivity index (χ1v) is 16.8. The van der Waals surface area contributed by atoms with E-state index in [0.29, 0.717) is 6.29 Å². The second kappa shape index (κ2) is 20.2.